The van der Waals surface area contributed by atoms with Gasteiger partial charge in [0.25, 0.3) is 0 Å². The van der Waals surface area contributed by atoms with Gasteiger partial charge in [-0.1, -0.05) is 19.9 Å². The van der Waals surface area contributed by atoms with E-state index in [9.17, 15) is 76.3 Å². The van der Waals surface area contributed by atoms with Crippen molar-refractivity contribution in [2.75, 3.05) is 26.4 Å². The van der Waals surface area contributed by atoms with Crippen LogP contribution in [0.4, 0.5) is 0 Å². The molecule has 1 spiro atoms. The molecule has 8 rings (SSSR count). The monoisotopic (exact) mass is 966 g/mol. The summed E-state index contributed by atoms with van der Waals surface area (Å²) in [6.07, 6.45) is -29.1. The standard InChI is InChI=1S/C44H70O23/c1-17-11-43-9-5-22-41(2,7-4-8-42(22,3)40(59)66-38-33(58)30(55)26(51)20(14-47)62-38)23(43)6-10-44(17,16-43)67-39-35(65-37-32(57)29(54)25(50)19(13-46)61-37)34(27(52)21(15-48)63-39)64-36-31(56)28(53)24(49)18(12-45)60-36/h18-39,45-58H,1,4-16H2,2-3H3/t18-,19-,20-,21-,22+,23?,24-,25-,26-,27-,28+,29+,30+,31-,32-,33-,34+,35-,36+,37+,38+,39+,41+,42-,43-,44+/m1/s1. The largest absolute Gasteiger partial charge is 0.432 e. The van der Waals surface area contributed by atoms with Crippen LogP contribution in [-0.4, -0.2) is 232 Å². The Morgan fingerprint density at radius 1 is 0.567 bits per heavy atom. The van der Waals surface area contributed by atoms with Gasteiger partial charge in [-0.15, -0.1) is 0 Å². The number of carbonyl (C=O) groups is 1. The summed E-state index contributed by atoms with van der Waals surface area (Å²) in [4.78, 5) is 14.3. The highest BCUT2D eigenvalue weighted by atomic mass is 16.8. The third-order valence-corrected chi connectivity index (χ3v) is 17.1. The summed E-state index contributed by atoms with van der Waals surface area (Å²) >= 11 is 0. The van der Waals surface area contributed by atoms with Gasteiger partial charge in [0.15, 0.2) is 18.9 Å². The molecular weight excluding hydrogens is 896 g/mol. The molecule has 0 aromatic carbocycles. The number of esters is 1. The Hall–Kier alpha value is -1.63. The second-order valence-corrected chi connectivity index (χ2v) is 20.8. The van der Waals surface area contributed by atoms with Crippen molar-refractivity contribution in [3.63, 3.8) is 0 Å². The van der Waals surface area contributed by atoms with Crippen LogP contribution in [0.2, 0.25) is 0 Å². The SMILES string of the molecule is C=C1C[C@@]23CC[C@@H]4[C@](C)(C(=O)O[C@@H]5O[C@H](CO)[C@@H](O)[C@H](O)[C@H]5O)CCC[C@]4(C)C2CC[C@]1(O[C@@H]1O[C@H](CO)[C@@H](O)[C@H](O[C@@H]2O[C@H](CO)[C@@H](O)[C@H](O)[C@H]2O)[C@H]1O[C@@H]1O[C@H](CO)[C@@H](O)[C@H](O)[C@H]1O)C3. The van der Waals surface area contributed by atoms with Crippen LogP contribution in [0.5, 0.6) is 0 Å². The molecule has 0 radical (unpaired) electrons. The number of hydrogen-bond acceptors (Lipinski definition) is 23. The molecule has 2 bridgehead atoms. The van der Waals surface area contributed by atoms with Gasteiger partial charge >= 0.3 is 5.97 Å². The average Bonchev–Trinajstić information content (AvgIpc) is 3.50. The average molecular weight is 967 g/mol. The van der Waals surface area contributed by atoms with E-state index in [0.29, 0.717) is 56.9 Å². The molecule has 4 aliphatic carbocycles. The molecule has 0 aromatic heterocycles. The first-order chi connectivity index (χ1) is 31.6. The molecule has 4 aliphatic heterocycles. The lowest BCUT2D eigenvalue weighted by molar-refractivity contribution is -0.400. The van der Waals surface area contributed by atoms with E-state index in [1.54, 1.807) is 0 Å². The molecule has 4 heterocycles. The lowest BCUT2D eigenvalue weighted by Gasteiger charge is -2.64. The van der Waals surface area contributed by atoms with Crippen molar-refractivity contribution in [3.05, 3.63) is 12.2 Å². The zero-order chi connectivity index (χ0) is 48.7. The Kier molecular flexibility index (Phi) is 15.0. The molecule has 1 unspecified atom stereocenters. The van der Waals surface area contributed by atoms with Crippen LogP contribution in [0.15, 0.2) is 12.2 Å². The highest BCUT2D eigenvalue weighted by molar-refractivity contribution is 5.77. The van der Waals surface area contributed by atoms with Crippen molar-refractivity contribution in [2.45, 2.75) is 200 Å². The topological polar surface area (TPSA) is 374 Å². The van der Waals surface area contributed by atoms with E-state index >= 15 is 0 Å². The number of aliphatic hydroxyl groups is 14. The summed E-state index contributed by atoms with van der Waals surface area (Å²) in [7, 11) is 0. The zero-order valence-electron chi connectivity index (χ0n) is 37.5. The first-order valence-corrected chi connectivity index (χ1v) is 23.4. The van der Waals surface area contributed by atoms with Gasteiger partial charge in [-0.25, -0.2) is 0 Å². The Morgan fingerprint density at radius 3 is 1.57 bits per heavy atom. The fourth-order valence-electron chi connectivity index (χ4n) is 13.5. The van der Waals surface area contributed by atoms with Crippen molar-refractivity contribution < 1.29 is 114 Å². The van der Waals surface area contributed by atoms with E-state index in [1.807, 2.05) is 6.92 Å². The molecule has 8 fully saturated rings. The number of rotatable bonds is 12. The van der Waals surface area contributed by atoms with E-state index < -0.39 is 177 Å². The Labute approximate surface area is 386 Å². The van der Waals surface area contributed by atoms with Crippen molar-refractivity contribution in [1.29, 1.82) is 0 Å². The Bertz CT molecular complexity index is 1760. The van der Waals surface area contributed by atoms with Crippen molar-refractivity contribution in [1.82, 2.24) is 0 Å². The molecule has 384 valence electrons. The quantitative estimate of drug-likeness (QED) is 0.0494. The van der Waals surface area contributed by atoms with Crippen LogP contribution >= 0.6 is 0 Å². The molecule has 4 saturated carbocycles. The second-order valence-electron chi connectivity index (χ2n) is 20.8. The van der Waals surface area contributed by atoms with Crippen LogP contribution in [-0.2, 0) is 42.7 Å². The Balaban J connectivity index is 1.06. The molecule has 23 heteroatoms. The number of ether oxygens (including phenoxy) is 8. The van der Waals surface area contributed by atoms with Gasteiger partial charge in [0.2, 0.25) is 6.29 Å². The van der Waals surface area contributed by atoms with Crippen molar-refractivity contribution >= 4 is 5.97 Å². The maximum absolute atomic E-state index is 14.3. The predicted octanol–water partition coefficient (Wildman–Crippen LogP) is -5.11. The second kappa shape index (κ2) is 19.4. The lowest BCUT2D eigenvalue weighted by Crippen LogP contribution is -2.68. The molecular formula is C44H70O23. The third-order valence-electron chi connectivity index (χ3n) is 17.1. The molecule has 0 amide bonds. The summed E-state index contributed by atoms with van der Waals surface area (Å²) < 4.78 is 48.2. The van der Waals surface area contributed by atoms with Gasteiger partial charge in [0.05, 0.1) is 37.4 Å². The predicted molar refractivity (Wildman–Crippen MR) is 219 cm³/mol. The summed E-state index contributed by atoms with van der Waals surface area (Å²) in [5.41, 5.74) is -2.33. The van der Waals surface area contributed by atoms with E-state index in [-0.39, 0.29) is 11.8 Å². The van der Waals surface area contributed by atoms with Crippen LogP contribution < -0.4 is 0 Å². The third kappa shape index (κ3) is 8.63. The molecule has 4 saturated heterocycles. The van der Waals surface area contributed by atoms with Gasteiger partial charge in [-0.05, 0) is 86.5 Å². The van der Waals surface area contributed by atoms with Gasteiger partial charge < -0.3 is 109 Å². The maximum Gasteiger partial charge on any atom is 0.314 e. The van der Waals surface area contributed by atoms with Gasteiger partial charge in [0, 0.05) is 0 Å². The van der Waals surface area contributed by atoms with Crippen molar-refractivity contribution in [3.8, 4) is 0 Å². The number of aliphatic hydroxyl groups excluding tert-OH is 14. The Morgan fingerprint density at radius 2 is 1.03 bits per heavy atom. The van der Waals surface area contributed by atoms with Gasteiger partial charge in [-0.3, -0.25) is 4.79 Å². The first kappa shape index (κ1) is 51.7. The fraction of sp³-hybridized carbons (Fsp3) is 0.932. The maximum atomic E-state index is 14.3. The van der Waals surface area contributed by atoms with E-state index in [0.717, 1.165) is 6.42 Å². The highest BCUT2D eigenvalue weighted by Gasteiger charge is 2.70. The van der Waals surface area contributed by atoms with Gasteiger partial charge in [0.1, 0.15) is 97.7 Å². The van der Waals surface area contributed by atoms with E-state index in [2.05, 4.69) is 13.5 Å². The van der Waals surface area contributed by atoms with Crippen LogP contribution in [0.25, 0.3) is 0 Å². The zero-order valence-corrected chi connectivity index (χ0v) is 37.5. The first-order valence-electron chi connectivity index (χ1n) is 23.4. The van der Waals surface area contributed by atoms with Crippen LogP contribution in [0.3, 0.4) is 0 Å². The highest BCUT2D eigenvalue weighted by Crippen LogP contribution is 2.74. The molecule has 67 heavy (non-hydrogen) atoms. The number of carbonyl (C=O) groups excluding carboxylic acids is 1. The summed E-state index contributed by atoms with van der Waals surface area (Å²) in [5.74, 6) is -0.805. The molecule has 8 aliphatic rings. The summed E-state index contributed by atoms with van der Waals surface area (Å²) in [6, 6.07) is 0. The molecule has 26 atom stereocenters. The van der Waals surface area contributed by atoms with E-state index in [4.69, 9.17) is 37.9 Å². The molecule has 23 nitrogen and oxygen atoms in total. The van der Waals surface area contributed by atoms with Gasteiger partial charge in [-0.2, -0.15) is 0 Å². The fourth-order valence-corrected chi connectivity index (χ4v) is 13.5. The minimum atomic E-state index is -1.95. The van der Waals surface area contributed by atoms with Crippen LogP contribution in [0.1, 0.15) is 71.6 Å². The van der Waals surface area contributed by atoms with Crippen molar-refractivity contribution in [2.24, 2.45) is 28.1 Å². The van der Waals surface area contributed by atoms with Crippen LogP contribution in [0, 0.1) is 28.1 Å². The summed E-state index contributed by atoms with van der Waals surface area (Å²) in [6.45, 7) is 5.41. The lowest BCUT2D eigenvalue weighted by atomic mass is 9.41. The van der Waals surface area contributed by atoms with E-state index in [1.165, 1.54) is 0 Å². The smallest absolute Gasteiger partial charge is 0.314 e. The number of hydrogen-bond donors (Lipinski definition) is 14. The minimum absolute atomic E-state index is 0.0251. The normalized spacial score (nSPS) is 54.5. The molecule has 0 aromatic rings. The number of fused-ring (bicyclic) bond motifs is 3. The molecule has 14 N–H and O–H groups in total. The minimum Gasteiger partial charge on any atom is -0.432 e. The summed E-state index contributed by atoms with van der Waals surface area (Å²) in [5, 5.41) is 148.